The number of hydrogen-bond donors (Lipinski definition) is 1. The number of fused-ring (bicyclic) bond motifs is 1. The molecule has 4 saturated heterocycles. The van der Waals surface area contributed by atoms with E-state index in [-0.39, 0.29) is 38.3 Å². The number of aliphatic hydroxyl groups excluding tert-OH is 1. The van der Waals surface area contributed by atoms with Gasteiger partial charge in [0, 0.05) is 17.4 Å². The molecule has 4 fully saturated rings. The van der Waals surface area contributed by atoms with Crippen LogP contribution in [0.3, 0.4) is 0 Å². The van der Waals surface area contributed by atoms with Crippen molar-refractivity contribution in [3.05, 3.63) is 108 Å². The second-order valence-corrected chi connectivity index (χ2v) is 23.7. The lowest BCUT2D eigenvalue weighted by molar-refractivity contribution is -0.358. The van der Waals surface area contributed by atoms with Crippen LogP contribution < -0.4 is 0 Å². The summed E-state index contributed by atoms with van der Waals surface area (Å²) < 4.78 is 67.7. The largest absolute Gasteiger partial charge is 0.391 e. The van der Waals surface area contributed by atoms with Crippen LogP contribution in [0.5, 0.6) is 0 Å². The Balaban J connectivity index is 1.16. The third-order valence-electron chi connectivity index (χ3n) is 13.2. The molecule has 0 radical (unpaired) electrons. The smallest absolute Gasteiger partial charge is 0.229 e. The summed E-state index contributed by atoms with van der Waals surface area (Å²) in [6.07, 6.45) is -5.72. The molecule has 4 aliphatic heterocycles. The van der Waals surface area contributed by atoms with E-state index in [0.717, 1.165) is 16.7 Å². The summed E-state index contributed by atoms with van der Waals surface area (Å²) in [4.78, 5) is 0. The molecule has 0 aliphatic carbocycles. The first kappa shape index (κ1) is 45.5. The zero-order chi connectivity index (χ0) is 42.7. The zero-order valence-electron chi connectivity index (χ0n) is 36.9. The quantitative estimate of drug-likeness (QED) is 0.132. The molecule has 3 aromatic carbocycles. The Labute approximate surface area is 358 Å². The summed E-state index contributed by atoms with van der Waals surface area (Å²) in [5.41, 5.74) is 2.88. The number of aliphatic hydroxyl groups is 1. The fourth-order valence-corrected chi connectivity index (χ4v) is 15.4. The fourth-order valence-electron chi connectivity index (χ4n) is 9.88. The van der Waals surface area contributed by atoms with Crippen LogP contribution in [0.4, 0.5) is 0 Å². The lowest BCUT2D eigenvalue weighted by Gasteiger charge is -2.51. The lowest BCUT2D eigenvalue weighted by atomic mass is 9.91. The van der Waals surface area contributed by atoms with Crippen LogP contribution >= 0.6 is 0 Å². The van der Waals surface area contributed by atoms with Crippen molar-refractivity contribution >= 4 is 8.32 Å². The first-order valence-corrected chi connectivity index (χ1v) is 24.1. The van der Waals surface area contributed by atoms with Crippen LogP contribution in [0.25, 0.3) is 0 Å². The maximum Gasteiger partial charge on any atom is 0.229 e. The average molecular weight is 849 g/mol. The Morgan fingerprint density at radius 3 is 1.93 bits per heavy atom. The van der Waals surface area contributed by atoms with Gasteiger partial charge in [-0.25, -0.2) is 0 Å². The van der Waals surface area contributed by atoms with Crippen molar-refractivity contribution in [1.82, 2.24) is 0 Å². The highest BCUT2D eigenvalue weighted by molar-refractivity contribution is 6.77. The second-order valence-electron chi connectivity index (χ2n) is 18.3. The zero-order valence-corrected chi connectivity index (χ0v) is 37.9. The fraction of sp³-hybridized carbons (Fsp3) is 0.625. The van der Waals surface area contributed by atoms with Gasteiger partial charge < -0.3 is 52.2 Å². The summed E-state index contributed by atoms with van der Waals surface area (Å²) in [5.74, 6) is -1.89. The minimum Gasteiger partial charge on any atom is -0.391 e. The first-order chi connectivity index (χ1) is 28.8. The van der Waals surface area contributed by atoms with Gasteiger partial charge in [0.2, 0.25) is 14.1 Å². The van der Waals surface area contributed by atoms with Gasteiger partial charge in [0.1, 0.15) is 18.8 Å². The van der Waals surface area contributed by atoms with Gasteiger partial charge in [-0.15, -0.1) is 0 Å². The van der Waals surface area contributed by atoms with E-state index in [1.54, 1.807) is 0 Å². The van der Waals surface area contributed by atoms with Gasteiger partial charge in [0.15, 0.2) is 24.5 Å². The monoisotopic (exact) mass is 848 g/mol. The molecule has 1 N–H and O–H groups in total. The third-order valence-corrected chi connectivity index (χ3v) is 19.2. The van der Waals surface area contributed by atoms with Crippen molar-refractivity contribution < 1.29 is 52.2 Å². The van der Waals surface area contributed by atoms with Gasteiger partial charge in [0.05, 0.1) is 51.3 Å². The molecule has 0 amide bonds. The van der Waals surface area contributed by atoms with Crippen molar-refractivity contribution in [2.75, 3.05) is 26.4 Å². The van der Waals surface area contributed by atoms with Gasteiger partial charge in [-0.3, -0.25) is 0 Å². The molecule has 0 aromatic heterocycles. The Morgan fingerprint density at radius 1 is 0.717 bits per heavy atom. The molecule has 4 aliphatic rings. The lowest BCUT2D eigenvalue weighted by Crippen LogP contribution is -2.64. The topological polar surface area (TPSA) is 113 Å². The molecule has 0 saturated carbocycles. The average Bonchev–Trinajstić information content (AvgIpc) is 3.73. The summed E-state index contributed by atoms with van der Waals surface area (Å²) in [7, 11) is -2.32. The van der Waals surface area contributed by atoms with Crippen LogP contribution in [0, 0.1) is 11.8 Å². The van der Waals surface area contributed by atoms with Crippen molar-refractivity contribution in [1.29, 1.82) is 0 Å². The summed E-state index contributed by atoms with van der Waals surface area (Å²) in [5, 5.41) is 12.1. The third kappa shape index (κ3) is 9.23. The van der Waals surface area contributed by atoms with E-state index >= 15 is 0 Å². The predicted octanol–water partition coefficient (Wildman–Crippen LogP) is 8.70. The summed E-state index contributed by atoms with van der Waals surface area (Å²) in [6, 6.07) is 29.9. The van der Waals surface area contributed by atoms with Gasteiger partial charge >= 0.3 is 0 Å². The van der Waals surface area contributed by atoms with E-state index in [0.29, 0.717) is 29.8 Å². The molecule has 60 heavy (non-hydrogen) atoms. The molecule has 4 heterocycles. The SMILES string of the molecule is CC1O[C@@H](O[Si](C(C)C)(C(C)C)C(C)C)[C@@H](C)C(O)[C@H]1O[C@@H]1OC[C@@H](C)C(OC23COC[C@]2(COCc2ccccc2)O[C@@H](c2ccccc2)O3)[C@H]1OCc1ccccc1. The van der Waals surface area contributed by atoms with Crippen molar-refractivity contribution in [2.24, 2.45) is 11.8 Å². The molecule has 0 bridgehead atoms. The second kappa shape index (κ2) is 19.4. The van der Waals surface area contributed by atoms with E-state index < -0.39 is 69.1 Å². The molecule has 0 spiro atoms. The number of ether oxygens (including phenoxy) is 9. The van der Waals surface area contributed by atoms with Crippen LogP contribution in [0.2, 0.25) is 16.6 Å². The van der Waals surface area contributed by atoms with Crippen molar-refractivity contribution in [2.45, 2.75) is 153 Å². The molecular formula is C48H68O11Si. The Morgan fingerprint density at radius 2 is 1.32 bits per heavy atom. The van der Waals surface area contributed by atoms with Crippen LogP contribution in [0.1, 0.15) is 85.3 Å². The van der Waals surface area contributed by atoms with Crippen molar-refractivity contribution in [3.63, 3.8) is 0 Å². The molecule has 7 rings (SSSR count). The summed E-state index contributed by atoms with van der Waals surface area (Å²) >= 11 is 0. The van der Waals surface area contributed by atoms with Crippen molar-refractivity contribution in [3.8, 4) is 0 Å². The van der Waals surface area contributed by atoms with Crippen LogP contribution in [-0.4, -0.2) is 94.3 Å². The minimum absolute atomic E-state index is 0.116. The van der Waals surface area contributed by atoms with E-state index in [1.165, 1.54) is 0 Å². The predicted molar refractivity (Wildman–Crippen MR) is 229 cm³/mol. The van der Waals surface area contributed by atoms with Gasteiger partial charge in [-0.05, 0) is 34.7 Å². The molecule has 12 heteroatoms. The maximum atomic E-state index is 12.1. The van der Waals surface area contributed by atoms with Gasteiger partial charge in [-0.1, -0.05) is 146 Å². The number of benzene rings is 3. The Hall–Kier alpha value is -2.56. The maximum absolute atomic E-state index is 12.1. The normalized spacial score (nSPS) is 34.8. The highest BCUT2D eigenvalue weighted by Crippen LogP contribution is 2.52. The molecule has 330 valence electrons. The first-order valence-electron chi connectivity index (χ1n) is 22.0. The molecule has 12 atom stereocenters. The Kier molecular flexibility index (Phi) is 14.7. The number of hydrogen-bond acceptors (Lipinski definition) is 11. The van der Waals surface area contributed by atoms with Gasteiger partial charge in [-0.2, -0.15) is 0 Å². The highest BCUT2D eigenvalue weighted by Gasteiger charge is 2.69. The standard InChI is InChI=1S/C48H68O11Si/c1-31(2)60(32(3)4,33(5)6)59-44-35(8)40(49)42(36(9)54-44)55-46-43(52-27-38-21-15-11-16-22-38)41(34(7)25-53-46)56-48-30-51-29-47(48,28-50-26-37-19-13-10-14-20-37)57-45(58-48)39-23-17-12-18-24-39/h10-24,31-36,40-46,49H,25-30H2,1-9H3/t34-,35+,36?,40?,41?,42+,43-,44+,45-,46+,47+,48?/m1/s1. The van der Waals surface area contributed by atoms with Crippen LogP contribution in [-0.2, 0) is 60.3 Å². The van der Waals surface area contributed by atoms with E-state index in [9.17, 15) is 5.11 Å². The number of rotatable bonds is 17. The van der Waals surface area contributed by atoms with E-state index in [2.05, 4.69) is 48.5 Å². The summed E-state index contributed by atoms with van der Waals surface area (Å²) in [6.45, 7) is 21.0. The van der Waals surface area contributed by atoms with E-state index in [1.807, 2.05) is 105 Å². The van der Waals surface area contributed by atoms with Gasteiger partial charge in [0.25, 0.3) is 0 Å². The molecule has 11 nitrogen and oxygen atoms in total. The highest BCUT2D eigenvalue weighted by atomic mass is 28.4. The van der Waals surface area contributed by atoms with E-state index in [4.69, 9.17) is 47.1 Å². The Bertz CT molecular complexity index is 1750. The molecular weight excluding hydrogens is 781 g/mol. The molecule has 4 unspecified atom stereocenters. The molecule has 3 aromatic rings. The minimum atomic E-state index is -2.32. The van der Waals surface area contributed by atoms with Crippen LogP contribution in [0.15, 0.2) is 91.0 Å².